The lowest BCUT2D eigenvalue weighted by Crippen LogP contribution is -1.93. The number of aliphatic hydroxyl groups excluding tert-OH is 1. The number of aryl methyl sites for hydroxylation is 1. The number of aromatic nitrogens is 3. The molecule has 0 aliphatic rings. The van der Waals surface area contributed by atoms with Crippen LogP contribution in [0.4, 0.5) is 4.39 Å². The summed E-state index contributed by atoms with van der Waals surface area (Å²) < 4.78 is 13.7. The molecule has 1 heterocycles. The Morgan fingerprint density at radius 2 is 2.24 bits per heavy atom. The van der Waals surface area contributed by atoms with Crippen LogP contribution in [0, 0.1) is 12.7 Å². The summed E-state index contributed by atoms with van der Waals surface area (Å²) >= 11 is 1.15. The zero-order chi connectivity index (χ0) is 12.4. The van der Waals surface area contributed by atoms with Crippen molar-refractivity contribution in [3.8, 4) is 0 Å². The van der Waals surface area contributed by atoms with Crippen LogP contribution < -0.4 is 0 Å². The molecule has 1 atom stereocenters. The normalized spacial score (nSPS) is 12.7. The van der Waals surface area contributed by atoms with E-state index in [2.05, 4.69) is 15.2 Å². The molecule has 0 aliphatic carbocycles. The summed E-state index contributed by atoms with van der Waals surface area (Å²) in [6.07, 6.45) is -0.672. The van der Waals surface area contributed by atoms with Crippen LogP contribution in [0.15, 0.2) is 28.3 Å². The number of hydrogen-bond donors (Lipinski definition) is 2. The highest BCUT2D eigenvalue weighted by Gasteiger charge is 2.10. The molecule has 2 N–H and O–H groups in total. The van der Waals surface area contributed by atoms with Gasteiger partial charge >= 0.3 is 0 Å². The Morgan fingerprint density at radius 1 is 1.47 bits per heavy atom. The smallest absolute Gasteiger partial charge is 0.213 e. The predicted molar refractivity (Wildman–Crippen MR) is 62.3 cm³/mol. The lowest BCUT2D eigenvalue weighted by molar-refractivity contribution is 0.198. The maximum atomic E-state index is 13.7. The van der Waals surface area contributed by atoms with Crippen molar-refractivity contribution >= 4 is 11.8 Å². The van der Waals surface area contributed by atoms with Crippen LogP contribution in [0.25, 0.3) is 0 Å². The summed E-state index contributed by atoms with van der Waals surface area (Å²) in [5.74, 6) is 0.310. The first-order valence-electron chi connectivity index (χ1n) is 5.10. The van der Waals surface area contributed by atoms with Gasteiger partial charge in [0.05, 0.1) is 11.0 Å². The van der Waals surface area contributed by atoms with E-state index in [-0.39, 0.29) is 5.82 Å². The van der Waals surface area contributed by atoms with Gasteiger partial charge < -0.3 is 5.11 Å². The molecule has 0 saturated heterocycles. The lowest BCUT2D eigenvalue weighted by Gasteiger charge is -2.06. The maximum Gasteiger partial charge on any atom is 0.213 e. The van der Waals surface area contributed by atoms with Gasteiger partial charge in [-0.05, 0) is 43.3 Å². The van der Waals surface area contributed by atoms with Crippen LogP contribution >= 0.6 is 11.8 Å². The Kier molecular flexibility index (Phi) is 3.44. The minimum atomic E-state index is -0.672. The Balaban J connectivity index is 2.22. The third kappa shape index (κ3) is 2.83. The summed E-state index contributed by atoms with van der Waals surface area (Å²) in [6.45, 7) is 3.38. The van der Waals surface area contributed by atoms with E-state index >= 15 is 0 Å². The molecule has 90 valence electrons. The number of nitrogens with one attached hydrogen (secondary N) is 1. The number of rotatable bonds is 3. The van der Waals surface area contributed by atoms with Gasteiger partial charge in [0.15, 0.2) is 0 Å². The molecule has 0 aliphatic heterocycles. The monoisotopic (exact) mass is 253 g/mol. The number of hydrogen-bond acceptors (Lipinski definition) is 4. The fourth-order valence-corrected chi connectivity index (χ4v) is 2.09. The van der Waals surface area contributed by atoms with Gasteiger partial charge in [-0.15, -0.1) is 5.10 Å². The molecule has 0 spiro atoms. The fourth-order valence-electron chi connectivity index (χ4n) is 1.33. The molecule has 2 aromatic rings. The molecule has 0 saturated carbocycles. The maximum absolute atomic E-state index is 13.7. The highest BCUT2D eigenvalue weighted by molar-refractivity contribution is 7.99. The summed E-state index contributed by atoms with van der Waals surface area (Å²) in [5.41, 5.74) is 0.554. The first-order chi connectivity index (χ1) is 8.06. The van der Waals surface area contributed by atoms with E-state index in [1.54, 1.807) is 26.0 Å². The second-order valence-corrected chi connectivity index (χ2v) is 4.68. The van der Waals surface area contributed by atoms with Crippen LogP contribution in [0.3, 0.4) is 0 Å². The first-order valence-corrected chi connectivity index (χ1v) is 5.92. The molecule has 1 unspecified atom stereocenters. The standard InChI is InChI=1S/C11H12FN3OS/c1-6(16)8-3-4-10(9(12)5-8)17-11-13-7(2)14-15-11/h3-6,16H,1-2H3,(H,13,14,15). The third-order valence-electron chi connectivity index (χ3n) is 2.22. The van der Waals surface area contributed by atoms with E-state index in [0.29, 0.717) is 21.4 Å². The number of aliphatic hydroxyl groups is 1. The van der Waals surface area contributed by atoms with Gasteiger partial charge in [0.25, 0.3) is 0 Å². The van der Waals surface area contributed by atoms with Crippen molar-refractivity contribution in [3.05, 3.63) is 35.4 Å². The van der Waals surface area contributed by atoms with Gasteiger partial charge in [-0.25, -0.2) is 9.37 Å². The minimum absolute atomic E-state index is 0.379. The zero-order valence-corrected chi connectivity index (χ0v) is 10.3. The average Bonchev–Trinajstić information content (AvgIpc) is 2.67. The number of nitrogens with zero attached hydrogens (tertiary/aromatic N) is 2. The molecule has 0 bridgehead atoms. The minimum Gasteiger partial charge on any atom is -0.389 e. The van der Waals surface area contributed by atoms with Gasteiger partial charge in [-0.1, -0.05) is 6.07 Å². The highest BCUT2D eigenvalue weighted by atomic mass is 32.2. The summed E-state index contributed by atoms with van der Waals surface area (Å²) in [4.78, 5) is 4.52. The molecule has 6 heteroatoms. The summed E-state index contributed by atoms with van der Waals surface area (Å²) in [6, 6.07) is 4.63. The third-order valence-corrected chi connectivity index (χ3v) is 3.13. The van der Waals surface area contributed by atoms with Gasteiger partial charge in [0.1, 0.15) is 11.6 Å². The molecular formula is C11H12FN3OS. The van der Waals surface area contributed by atoms with Gasteiger partial charge in [0.2, 0.25) is 5.16 Å². The van der Waals surface area contributed by atoms with Crippen molar-refractivity contribution in [2.24, 2.45) is 0 Å². The van der Waals surface area contributed by atoms with Crippen LogP contribution in [-0.2, 0) is 0 Å². The molecule has 0 radical (unpaired) electrons. The van der Waals surface area contributed by atoms with Gasteiger partial charge in [-0.2, -0.15) is 0 Å². The second kappa shape index (κ2) is 4.85. The highest BCUT2D eigenvalue weighted by Crippen LogP contribution is 2.28. The van der Waals surface area contributed by atoms with Crippen LogP contribution in [-0.4, -0.2) is 20.3 Å². The lowest BCUT2D eigenvalue weighted by atomic mass is 10.1. The van der Waals surface area contributed by atoms with Gasteiger partial charge in [0, 0.05) is 0 Å². The van der Waals surface area contributed by atoms with Crippen molar-refractivity contribution in [1.82, 2.24) is 15.2 Å². The molecule has 1 aromatic carbocycles. The molecule has 1 aromatic heterocycles. The second-order valence-electron chi connectivity index (χ2n) is 3.67. The van der Waals surface area contributed by atoms with E-state index in [0.717, 1.165) is 11.8 Å². The molecule has 0 fully saturated rings. The number of halogens is 1. The molecule has 0 amide bonds. The molecule has 2 rings (SSSR count). The van der Waals surface area contributed by atoms with Crippen molar-refractivity contribution in [3.63, 3.8) is 0 Å². The Morgan fingerprint density at radius 3 is 2.76 bits per heavy atom. The SMILES string of the molecule is Cc1nc(Sc2ccc(C(C)O)cc2F)n[nH]1. The predicted octanol–water partition coefficient (Wildman–Crippen LogP) is 2.46. The Bertz CT molecular complexity index is 527. The Labute approximate surface area is 102 Å². The van der Waals surface area contributed by atoms with Crippen LogP contribution in [0.2, 0.25) is 0 Å². The Hall–Kier alpha value is -1.40. The van der Waals surface area contributed by atoms with E-state index in [1.165, 1.54) is 6.07 Å². The van der Waals surface area contributed by atoms with Crippen molar-refractivity contribution in [2.75, 3.05) is 0 Å². The van der Waals surface area contributed by atoms with E-state index in [4.69, 9.17) is 0 Å². The zero-order valence-electron chi connectivity index (χ0n) is 9.44. The van der Waals surface area contributed by atoms with E-state index in [9.17, 15) is 9.50 Å². The number of H-pyrrole nitrogens is 1. The van der Waals surface area contributed by atoms with Crippen molar-refractivity contribution in [2.45, 2.75) is 30.0 Å². The van der Waals surface area contributed by atoms with Crippen molar-refractivity contribution in [1.29, 1.82) is 0 Å². The number of benzene rings is 1. The van der Waals surface area contributed by atoms with Crippen molar-refractivity contribution < 1.29 is 9.50 Å². The topological polar surface area (TPSA) is 61.8 Å². The molecule has 17 heavy (non-hydrogen) atoms. The van der Waals surface area contributed by atoms with Gasteiger partial charge in [-0.3, -0.25) is 5.10 Å². The van der Waals surface area contributed by atoms with E-state index in [1.807, 2.05) is 0 Å². The summed E-state index contributed by atoms with van der Waals surface area (Å²) in [7, 11) is 0. The molecule has 4 nitrogen and oxygen atoms in total. The van der Waals surface area contributed by atoms with Crippen LogP contribution in [0.5, 0.6) is 0 Å². The quantitative estimate of drug-likeness (QED) is 0.882. The largest absolute Gasteiger partial charge is 0.389 e. The molecular weight excluding hydrogens is 241 g/mol. The fraction of sp³-hybridized carbons (Fsp3) is 0.273. The first kappa shape index (κ1) is 12.1. The van der Waals surface area contributed by atoms with Crippen LogP contribution in [0.1, 0.15) is 24.4 Å². The van der Waals surface area contributed by atoms with E-state index < -0.39 is 6.10 Å². The summed E-state index contributed by atoms with van der Waals surface area (Å²) in [5, 5.41) is 16.4. The number of aromatic amines is 1. The average molecular weight is 253 g/mol.